The normalized spacial score (nSPS) is 18.6. The van der Waals surface area contributed by atoms with Crippen LogP contribution in [0.4, 0.5) is 0 Å². The van der Waals surface area contributed by atoms with Crippen molar-refractivity contribution >= 4 is 22.2 Å². The predicted octanol–water partition coefficient (Wildman–Crippen LogP) is -3.90. The van der Waals surface area contributed by atoms with Gasteiger partial charge in [-0.05, 0) is 12.1 Å². The molecule has 1 amide bonds. The number of rotatable bonds is 6. The molecule has 1 aliphatic rings. The molecule has 1 aliphatic heterocycles. The van der Waals surface area contributed by atoms with E-state index in [0.29, 0.717) is 0 Å². The highest BCUT2D eigenvalue weighted by Gasteiger charge is 2.41. The number of aldehydes is 1. The number of carbonyl (C=O) groups excluding carboxylic acids is 2. The Morgan fingerprint density at radius 2 is 1.65 bits per heavy atom. The maximum Gasteiger partial charge on any atom is 0.266 e. The van der Waals surface area contributed by atoms with Gasteiger partial charge in [0.05, 0.1) is 18.8 Å². The summed E-state index contributed by atoms with van der Waals surface area (Å²) in [6.45, 7) is -2.04. The van der Waals surface area contributed by atoms with Gasteiger partial charge in [-0.3, -0.25) is 4.79 Å². The Bertz CT molecular complexity index is 746. The van der Waals surface area contributed by atoms with E-state index in [-0.39, 0.29) is 16.7 Å². The van der Waals surface area contributed by atoms with Gasteiger partial charge in [-0.1, -0.05) is 12.1 Å². The van der Waals surface area contributed by atoms with Gasteiger partial charge in [0, 0.05) is 0 Å². The number of fused-ring (bicyclic) bond motifs is 1. The number of sulfonamides is 1. The van der Waals surface area contributed by atoms with E-state index in [1.54, 1.807) is 12.1 Å². The number of carbonyl (C=O) groups is 2. The van der Waals surface area contributed by atoms with Gasteiger partial charge in [0.25, 0.3) is 15.9 Å². The van der Waals surface area contributed by atoms with Crippen molar-refractivity contribution in [2.24, 2.45) is 0 Å². The van der Waals surface area contributed by atoms with Crippen molar-refractivity contribution in [2.75, 3.05) is 13.2 Å². The van der Waals surface area contributed by atoms with E-state index in [4.69, 9.17) is 20.4 Å². The molecule has 1 aromatic carbocycles. The van der Waals surface area contributed by atoms with E-state index in [2.05, 4.69) is 0 Å². The van der Waals surface area contributed by atoms with Crippen molar-refractivity contribution in [2.45, 2.75) is 28.8 Å². The largest absolute Gasteiger partial charge is 0.393 e. The number of aliphatic hydroxyl groups is 6. The van der Waals surface area contributed by atoms with Crippen molar-refractivity contribution in [1.29, 1.82) is 0 Å². The van der Waals surface area contributed by atoms with Crippen LogP contribution in [0.5, 0.6) is 0 Å². The second-order valence-corrected chi connectivity index (χ2v) is 7.06. The lowest BCUT2D eigenvalue weighted by atomic mass is 9.92. The molecule has 0 radical (unpaired) electrons. The topological polar surface area (TPSA) is 202 Å². The van der Waals surface area contributed by atoms with Gasteiger partial charge in [-0.25, -0.2) is 13.1 Å². The Hall–Kier alpha value is -1.93. The smallest absolute Gasteiger partial charge is 0.266 e. The third-order valence-corrected chi connectivity index (χ3v) is 4.95. The summed E-state index contributed by atoms with van der Waals surface area (Å²) in [7, 11) is -3.55. The lowest BCUT2D eigenvalue weighted by Gasteiger charge is -2.32. The first-order valence-electron chi connectivity index (χ1n) is 7.14. The maximum absolute atomic E-state index is 11.1. The fraction of sp³-hybridized carbons (Fsp3) is 0.429. The quantitative estimate of drug-likeness (QED) is 0.234. The molecule has 0 aliphatic carbocycles. The van der Waals surface area contributed by atoms with Gasteiger partial charge in [0.15, 0.2) is 6.29 Å². The van der Waals surface area contributed by atoms with E-state index < -0.39 is 53.1 Å². The summed E-state index contributed by atoms with van der Waals surface area (Å²) in [4.78, 5) is 21.1. The summed E-state index contributed by atoms with van der Waals surface area (Å²) in [6, 6.07) is 6.09. The van der Waals surface area contributed by atoms with E-state index in [9.17, 15) is 28.2 Å². The Morgan fingerprint density at radius 1 is 1.12 bits per heavy atom. The van der Waals surface area contributed by atoms with E-state index in [1.807, 2.05) is 4.72 Å². The Kier molecular flexibility index (Phi) is 7.35. The van der Waals surface area contributed by atoms with Crippen molar-refractivity contribution < 1.29 is 48.6 Å². The molecule has 26 heavy (non-hydrogen) atoms. The summed E-state index contributed by atoms with van der Waals surface area (Å²) in [5.74, 6) is -0.550. The number of nitrogens with one attached hydrogen (secondary N) is 1. The summed E-state index contributed by atoms with van der Waals surface area (Å²) in [5.41, 5.74) is -2.14. The van der Waals surface area contributed by atoms with Gasteiger partial charge in [0.1, 0.15) is 28.8 Å². The minimum atomic E-state index is -3.55. The molecule has 0 saturated heterocycles. The molecule has 3 unspecified atom stereocenters. The van der Waals surface area contributed by atoms with Gasteiger partial charge in [-0.2, -0.15) is 0 Å². The molecule has 11 nitrogen and oxygen atoms in total. The standard InChI is InChI=1S/C7H5NO3S.C7H14O7/c9-7-5-3-1-2-4-6(5)12(10,11)8-7;8-1-4(11)5(12)6(13)7(14,2-9)3-10/h1-4H,(H,8,9);1,4-6,9-14H,2-3H2. The zero-order valence-corrected chi connectivity index (χ0v) is 14.1. The minimum absolute atomic E-state index is 0.0386. The average molecular weight is 393 g/mol. The summed E-state index contributed by atoms with van der Waals surface area (Å²) >= 11 is 0. The molecule has 3 atom stereocenters. The number of aliphatic hydroxyl groups excluding tert-OH is 5. The van der Waals surface area contributed by atoms with Crippen LogP contribution in [-0.4, -0.2) is 88.4 Å². The first kappa shape index (κ1) is 22.1. The van der Waals surface area contributed by atoms with Crippen LogP contribution in [0, 0.1) is 0 Å². The van der Waals surface area contributed by atoms with Crippen molar-refractivity contribution in [3.63, 3.8) is 0 Å². The van der Waals surface area contributed by atoms with Crippen molar-refractivity contribution in [3.05, 3.63) is 29.8 Å². The second-order valence-electron chi connectivity index (χ2n) is 5.41. The van der Waals surface area contributed by atoms with Crippen LogP contribution >= 0.6 is 0 Å². The Labute approximate surface area is 148 Å². The number of hydrogen-bond donors (Lipinski definition) is 7. The minimum Gasteiger partial charge on any atom is -0.393 e. The van der Waals surface area contributed by atoms with Crippen molar-refractivity contribution in [3.8, 4) is 0 Å². The van der Waals surface area contributed by atoms with Crippen LogP contribution < -0.4 is 4.72 Å². The van der Waals surface area contributed by atoms with Crippen LogP contribution in [0.1, 0.15) is 10.4 Å². The lowest BCUT2D eigenvalue weighted by Crippen LogP contribution is -2.57. The lowest BCUT2D eigenvalue weighted by molar-refractivity contribution is -0.181. The molecule has 1 aromatic rings. The van der Waals surface area contributed by atoms with Gasteiger partial charge < -0.3 is 35.4 Å². The highest BCUT2D eigenvalue weighted by Crippen LogP contribution is 2.20. The molecule has 0 spiro atoms. The monoisotopic (exact) mass is 393 g/mol. The van der Waals surface area contributed by atoms with E-state index in [1.165, 1.54) is 12.1 Å². The fourth-order valence-corrected chi connectivity index (χ4v) is 3.11. The Morgan fingerprint density at radius 3 is 2.12 bits per heavy atom. The molecule has 0 aromatic heterocycles. The zero-order chi connectivity index (χ0) is 20.1. The summed E-state index contributed by atoms with van der Waals surface area (Å²) in [5, 5.41) is 53.6. The molecule has 12 heteroatoms. The van der Waals surface area contributed by atoms with Crippen LogP contribution in [0.15, 0.2) is 29.2 Å². The second kappa shape index (κ2) is 8.64. The van der Waals surface area contributed by atoms with Gasteiger partial charge in [0.2, 0.25) is 0 Å². The zero-order valence-electron chi connectivity index (χ0n) is 13.3. The fourth-order valence-electron chi connectivity index (χ4n) is 1.94. The number of amides is 1. The number of benzene rings is 1. The molecule has 0 fully saturated rings. The molecule has 0 bridgehead atoms. The maximum atomic E-state index is 11.1. The molecule has 146 valence electrons. The predicted molar refractivity (Wildman–Crippen MR) is 84.3 cm³/mol. The van der Waals surface area contributed by atoms with Crippen LogP contribution in [0.2, 0.25) is 0 Å². The van der Waals surface area contributed by atoms with Crippen LogP contribution in [0.3, 0.4) is 0 Å². The molecular weight excluding hydrogens is 374 g/mol. The summed E-state index contributed by atoms with van der Waals surface area (Å²) in [6.07, 6.45) is -5.94. The first-order chi connectivity index (χ1) is 12.0. The van der Waals surface area contributed by atoms with E-state index >= 15 is 0 Å². The third kappa shape index (κ3) is 4.62. The first-order valence-corrected chi connectivity index (χ1v) is 8.62. The van der Waals surface area contributed by atoms with Gasteiger partial charge >= 0.3 is 0 Å². The average Bonchev–Trinajstić information content (AvgIpc) is 2.88. The molecule has 2 rings (SSSR count). The molecule has 1 heterocycles. The molecule has 7 N–H and O–H groups in total. The van der Waals surface area contributed by atoms with E-state index in [0.717, 1.165) is 0 Å². The number of hydrogen-bond acceptors (Lipinski definition) is 10. The Balaban J connectivity index is 0.000000262. The van der Waals surface area contributed by atoms with Gasteiger partial charge in [-0.15, -0.1) is 0 Å². The van der Waals surface area contributed by atoms with Crippen molar-refractivity contribution in [1.82, 2.24) is 4.72 Å². The van der Waals surface area contributed by atoms with Crippen LogP contribution in [0.25, 0.3) is 0 Å². The molecule has 0 saturated carbocycles. The highest BCUT2D eigenvalue weighted by atomic mass is 32.2. The van der Waals surface area contributed by atoms with Crippen LogP contribution in [-0.2, 0) is 14.8 Å². The molecular formula is C14H19NO10S. The highest BCUT2D eigenvalue weighted by molar-refractivity contribution is 7.90. The summed E-state index contributed by atoms with van der Waals surface area (Å²) < 4.78 is 24.2. The SMILES string of the molecule is O=C1NS(=O)(=O)c2ccccc21.O=CC(O)C(O)C(O)C(O)(CO)CO. The third-order valence-electron chi connectivity index (χ3n) is 3.56.